The lowest BCUT2D eigenvalue weighted by Gasteiger charge is -2.13. The van der Waals surface area contributed by atoms with Gasteiger partial charge in [0, 0.05) is 30.0 Å². The zero-order valence-corrected chi connectivity index (χ0v) is 21.1. The van der Waals surface area contributed by atoms with Crippen molar-refractivity contribution in [1.29, 1.82) is 5.26 Å². The molecule has 0 aliphatic carbocycles. The Labute approximate surface area is 207 Å². The number of nitrogens with zero attached hydrogens (tertiary/aromatic N) is 2. The highest BCUT2D eigenvalue weighted by Gasteiger charge is 2.18. The highest BCUT2D eigenvalue weighted by Crippen LogP contribution is 2.32. The SMILES string of the molecule is CCc1c(I)cc(I)cc1C(=O)Nc1cc2onc(-c3ccc(C#N)cc3)c2cc1C. The molecule has 4 aromatic rings. The molecule has 7 heteroatoms. The van der Waals surface area contributed by atoms with Crippen LogP contribution >= 0.6 is 45.2 Å². The number of aromatic nitrogens is 1. The average molecular weight is 633 g/mol. The van der Waals surface area contributed by atoms with Crippen LogP contribution in [0, 0.1) is 25.4 Å². The Balaban J connectivity index is 1.69. The van der Waals surface area contributed by atoms with Crippen LogP contribution in [0.3, 0.4) is 0 Å². The summed E-state index contributed by atoms with van der Waals surface area (Å²) in [5.41, 5.74) is 6.10. The first-order chi connectivity index (χ1) is 14.9. The molecule has 0 bridgehead atoms. The first-order valence-electron chi connectivity index (χ1n) is 9.61. The van der Waals surface area contributed by atoms with E-state index in [0.29, 0.717) is 28.1 Å². The molecular weight excluding hydrogens is 616 g/mol. The zero-order chi connectivity index (χ0) is 22.1. The number of fused-ring (bicyclic) bond motifs is 1. The third kappa shape index (κ3) is 4.32. The van der Waals surface area contributed by atoms with Gasteiger partial charge in [0.05, 0.1) is 17.0 Å². The number of rotatable bonds is 4. The van der Waals surface area contributed by atoms with Crippen LogP contribution in [0.2, 0.25) is 0 Å². The predicted molar refractivity (Wildman–Crippen MR) is 138 cm³/mol. The smallest absolute Gasteiger partial charge is 0.256 e. The van der Waals surface area contributed by atoms with Gasteiger partial charge < -0.3 is 9.84 Å². The molecule has 0 atom stereocenters. The van der Waals surface area contributed by atoms with Gasteiger partial charge in [-0.2, -0.15) is 5.26 Å². The van der Waals surface area contributed by atoms with Gasteiger partial charge in [-0.25, -0.2) is 0 Å². The topological polar surface area (TPSA) is 78.9 Å². The average Bonchev–Trinajstić information content (AvgIpc) is 3.16. The van der Waals surface area contributed by atoms with Crippen molar-refractivity contribution in [3.05, 3.63) is 77.9 Å². The summed E-state index contributed by atoms with van der Waals surface area (Å²) in [6.45, 7) is 4.00. The van der Waals surface area contributed by atoms with Crippen LogP contribution < -0.4 is 5.32 Å². The van der Waals surface area contributed by atoms with Crippen LogP contribution in [0.1, 0.15) is 34.0 Å². The van der Waals surface area contributed by atoms with Gasteiger partial charge in [-0.05, 0) is 100.0 Å². The second-order valence-corrected chi connectivity index (χ2v) is 9.51. The van der Waals surface area contributed by atoms with E-state index in [2.05, 4.69) is 74.7 Å². The molecule has 1 aromatic heterocycles. The Morgan fingerprint density at radius 1 is 1.16 bits per heavy atom. The summed E-state index contributed by atoms with van der Waals surface area (Å²) >= 11 is 4.51. The number of hydrogen-bond donors (Lipinski definition) is 1. The second kappa shape index (κ2) is 8.96. The van der Waals surface area contributed by atoms with Crippen molar-refractivity contribution in [3.8, 4) is 17.3 Å². The van der Waals surface area contributed by atoms with E-state index in [0.717, 1.165) is 35.6 Å². The van der Waals surface area contributed by atoms with Crippen molar-refractivity contribution in [3.63, 3.8) is 0 Å². The number of aryl methyl sites for hydroxylation is 1. The maximum atomic E-state index is 13.1. The van der Waals surface area contributed by atoms with E-state index in [4.69, 9.17) is 9.78 Å². The summed E-state index contributed by atoms with van der Waals surface area (Å²) in [6, 6.07) is 17.1. The van der Waals surface area contributed by atoms with Gasteiger partial charge in [0.15, 0.2) is 5.58 Å². The highest BCUT2D eigenvalue weighted by molar-refractivity contribution is 14.1. The van der Waals surface area contributed by atoms with Gasteiger partial charge in [0.25, 0.3) is 5.91 Å². The maximum Gasteiger partial charge on any atom is 0.256 e. The second-order valence-electron chi connectivity index (χ2n) is 7.11. The monoisotopic (exact) mass is 633 g/mol. The zero-order valence-electron chi connectivity index (χ0n) is 16.8. The fourth-order valence-electron chi connectivity index (χ4n) is 3.49. The molecule has 0 fully saturated rings. The Hall–Kier alpha value is -2.45. The van der Waals surface area contributed by atoms with Gasteiger partial charge in [-0.15, -0.1) is 0 Å². The minimum Gasteiger partial charge on any atom is -0.356 e. The van der Waals surface area contributed by atoms with Crippen LogP contribution in [-0.4, -0.2) is 11.1 Å². The van der Waals surface area contributed by atoms with Gasteiger partial charge in [-0.1, -0.05) is 24.2 Å². The van der Waals surface area contributed by atoms with E-state index in [1.807, 2.05) is 37.3 Å². The summed E-state index contributed by atoms with van der Waals surface area (Å²) in [6.07, 6.45) is 0.784. The maximum absolute atomic E-state index is 13.1. The van der Waals surface area contributed by atoms with E-state index >= 15 is 0 Å². The van der Waals surface area contributed by atoms with Crippen LogP contribution in [0.5, 0.6) is 0 Å². The van der Waals surface area contributed by atoms with Crippen molar-refractivity contribution >= 4 is 67.7 Å². The van der Waals surface area contributed by atoms with E-state index in [1.54, 1.807) is 12.1 Å². The van der Waals surface area contributed by atoms with Crippen LogP contribution in [0.15, 0.2) is 53.1 Å². The quantitative estimate of drug-likeness (QED) is 0.254. The first kappa shape index (κ1) is 21.8. The Morgan fingerprint density at radius 3 is 2.58 bits per heavy atom. The molecule has 0 unspecified atom stereocenters. The molecule has 31 heavy (non-hydrogen) atoms. The number of carbonyl (C=O) groups is 1. The third-order valence-electron chi connectivity index (χ3n) is 5.11. The van der Waals surface area contributed by atoms with Crippen LogP contribution in [0.25, 0.3) is 22.2 Å². The molecule has 0 spiro atoms. The van der Waals surface area contributed by atoms with E-state index in [1.165, 1.54) is 0 Å². The minimum atomic E-state index is -0.137. The fraction of sp³-hybridized carbons (Fsp3) is 0.125. The molecule has 0 saturated carbocycles. The molecule has 154 valence electrons. The third-order valence-corrected chi connectivity index (χ3v) is 6.70. The highest BCUT2D eigenvalue weighted by atomic mass is 127. The molecule has 3 aromatic carbocycles. The van der Waals surface area contributed by atoms with Crippen LogP contribution in [-0.2, 0) is 6.42 Å². The van der Waals surface area contributed by atoms with Crippen molar-refractivity contribution in [1.82, 2.24) is 5.16 Å². The van der Waals surface area contributed by atoms with Crippen molar-refractivity contribution in [2.75, 3.05) is 5.32 Å². The number of hydrogen-bond acceptors (Lipinski definition) is 4. The number of benzene rings is 3. The summed E-state index contributed by atoms with van der Waals surface area (Å²) in [5, 5.41) is 17.1. The molecule has 5 nitrogen and oxygen atoms in total. The number of nitrogens with one attached hydrogen (secondary N) is 1. The minimum absolute atomic E-state index is 0.137. The van der Waals surface area contributed by atoms with Gasteiger partial charge >= 0.3 is 0 Å². The molecule has 1 N–H and O–H groups in total. The lowest BCUT2D eigenvalue weighted by atomic mass is 10.0. The molecule has 1 heterocycles. The normalized spacial score (nSPS) is 10.8. The summed E-state index contributed by atoms with van der Waals surface area (Å²) in [7, 11) is 0. The van der Waals surface area contributed by atoms with Gasteiger partial charge in [0.2, 0.25) is 0 Å². The van der Waals surface area contributed by atoms with Gasteiger partial charge in [-0.3, -0.25) is 4.79 Å². The van der Waals surface area contributed by atoms with Gasteiger partial charge in [0.1, 0.15) is 5.69 Å². The lowest BCUT2D eigenvalue weighted by molar-refractivity contribution is 0.102. The molecule has 0 saturated heterocycles. The predicted octanol–water partition coefficient (Wildman–Crippen LogP) is 6.70. The Bertz CT molecular complexity index is 1350. The summed E-state index contributed by atoms with van der Waals surface area (Å²) < 4.78 is 7.67. The number of amides is 1. The van der Waals surface area contributed by atoms with E-state index in [9.17, 15) is 4.79 Å². The Morgan fingerprint density at radius 2 is 1.90 bits per heavy atom. The standard InChI is InChI=1S/C24H17I2N3O2/c1-3-17-18(9-16(25)10-20(17)26)24(30)28-21-11-22-19(8-13(21)2)23(29-31-22)15-6-4-14(12-27)5-7-15/h4-11H,3H2,1-2H3,(H,28,30). The van der Waals surface area contributed by atoms with Crippen molar-refractivity contribution in [2.24, 2.45) is 0 Å². The summed E-state index contributed by atoms with van der Waals surface area (Å²) in [5.74, 6) is -0.137. The molecule has 4 rings (SSSR count). The number of carbonyl (C=O) groups excluding carboxylic acids is 1. The molecular formula is C24H17I2N3O2. The molecule has 0 aliphatic heterocycles. The molecule has 0 radical (unpaired) electrons. The summed E-state index contributed by atoms with van der Waals surface area (Å²) in [4.78, 5) is 13.1. The number of anilines is 1. The first-order valence-corrected chi connectivity index (χ1v) is 11.8. The Kier molecular flexibility index (Phi) is 6.29. The largest absolute Gasteiger partial charge is 0.356 e. The van der Waals surface area contributed by atoms with Crippen molar-refractivity contribution < 1.29 is 9.32 Å². The fourth-order valence-corrected chi connectivity index (χ4v) is 5.72. The number of nitriles is 1. The molecule has 1 amide bonds. The molecule has 0 aliphatic rings. The van der Waals surface area contributed by atoms with E-state index < -0.39 is 0 Å². The van der Waals surface area contributed by atoms with Crippen molar-refractivity contribution in [2.45, 2.75) is 20.3 Å². The lowest BCUT2D eigenvalue weighted by Crippen LogP contribution is -2.16. The van der Waals surface area contributed by atoms with Crippen LogP contribution in [0.4, 0.5) is 5.69 Å². The number of halogens is 2. The van der Waals surface area contributed by atoms with E-state index in [-0.39, 0.29) is 5.91 Å².